The molecule has 9 rings (SSSR count). The van der Waals surface area contributed by atoms with Gasteiger partial charge in [-0.25, -0.2) is 15.0 Å². The molecule has 5 aromatic carbocycles. The van der Waals surface area contributed by atoms with E-state index in [9.17, 15) is 0 Å². The van der Waals surface area contributed by atoms with Crippen LogP contribution in [0.15, 0.2) is 157 Å². The van der Waals surface area contributed by atoms with Gasteiger partial charge < -0.3 is 9.13 Å². The number of fused-ring (bicyclic) bond motifs is 5. The average molecular weight is 606 g/mol. The molecule has 0 fully saturated rings. The minimum absolute atomic E-state index is 0.0211. The molecule has 0 saturated heterocycles. The van der Waals surface area contributed by atoms with Crippen molar-refractivity contribution in [1.82, 2.24) is 24.1 Å². The maximum Gasteiger partial charge on any atom is 0.163 e. The first-order valence-corrected chi connectivity index (χ1v) is 16.1. The lowest BCUT2D eigenvalue weighted by Gasteiger charge is -2.23. The second-order valence-electron chi connectivity index (χ2n) is 12.2. The first kappa shape index (κ1) is 27.3. The van der Waals surface area contributed by atoms with Crippen LogP contribution < -0.4 is 0 Å². The highest BCUT2D eigenvalue weighted by atomic mass is 15.0. The Balaban J connectivity index is 1.22. The third-order valence-electron chi connectivity index (χ3n) is 9.16. The Bertz CT molecular complexity index is 2430. The molecule has 5 nitrogen and oxygen atoms in total. The van der Waals surface area contributed by atoms with Crippen LogP contribution in [-0.4, -0.2) is 24.1 Å². The number of allylic oxidation sites excluding steroid dienone is 4. The van der Waals surface area contributed by atoms with E-state index in [-0.39, 0.29) is 5.92 Å². The lowest BCUT2D eigenvalue weighted by atomic mass is 9.93. The van der Waals surface area contributed by atoms with Gasteiger partial charge >= 0.3 is 0 Å². The van der Waals surface area contributed by atoms with Gasteiger partial charge in [-0.2, -0.15) is 0 Å². The van der Waals surface area contributed by atoms with E-state index in [1.165, 1.54) is 44.0 Å². The fourth-order valence-electron chi connectivity index (χ4n) is 7.07. The highest BCUT2D eigenvalue weighted by Crippen LogP contribution is 2.41. The molecular formula is C42H31N5. The molecule has 0 radical (unpaired) electrons. The minimum Gasteiger partial charge on any atom is -0.316 e. The molecule has 0 spiro atoms. The molecule has 224 valence electrons. The quantitative estimate of drug-likeness (QED) is 0.196. The fourth-order valence-corrected chi connectivity index (χ4v) is 7.07. The number of benzene rings is 5. The van der Waals surface area contributed by atoms with Gasteiger partial charge in [-0.3, -0.25) is 0 Å². The number of hydrogen-bond donors (Lipinski definition) is 0. The third kappa shape index (κ3) is 4.67. The summed E-state index contributed by atoms with van der Waals surface area (Å²) in [6, 6.07) is 46.5. The van der Waals surface area contributed by atoms with Gasteiger partial charge in [0.1, 0.15) is 5.82 Å². The van der Waals surface area contributed by atoms with Crippen LogP contribution in [0.25, 0.3) is 66.9 Å². The van der Waals surface area contributed by atoms with Crippen molar-refractivity contribution in [3.8, 4) is 28.5 Å². The Morgan fingerprint density at radius 2 is 1.21 bits per heavy atom. The molecule has 0 saturated carbocycles. The summed E-state index contributed by atoms with van der Waals surface area (Å²) < 4.78 is 4.75. The molecule has 1 aliphatic carbocycles. The van der Waals surface area contributed by atoms with Crippen molar-refractivity contribution in [2.45, 2.75) is 19.3 Å². The fraction of sp³-hybridized carbons (Fsp3) is 0.0714. The van der Waals surface area contributed by atoms with E-state index in [2.05, 4.69) is 131 Å². The molecule has 0 N–H and O–H groups in total. The Hall–Kier alpha value is -6.07. The number of nitrogens with zero attached hydrogens (tertiary/aromatic N) is 5. The highest BCUT2D eigenvalue weighted by molar-refractivity contribution is 6.19. The topological polar surface area (TPSA) is 48.5 Å². The SMILES string of the molecule is CC1=CC(c2nc(-c3ccccc3)nc(-c3ccccc3)n2)CC(n2c3ccccc3c3ccc4c(ccn4-c4ccccc4)c32)=C1. The maximum absolute atomic E-state index is 5.11. The molecule has 47 heavy (non-hydrogen) atoms. The molecule has 1 aliphatic rings. The van der Waals surface area contributed by atoms with Gasteiger partial charge in [-0.05, 0) is 43.3 Å². The predicted molar refractivity (Wildman–Crippen MR) is 192 cm³/mol. The Morgan fingerprint density at radius 3 is 1.91 bits per heavy atom. The van der Waals surface area contributed by atoms with E-state index < -0.39 is 0 Å². The largest absolute Gasteiger partial charge is 0.316 e. The van der Waals surface area contributed by atoms with Crippen molar-refractivity contribution in [3.05, 3.63) is 163 Å². The zero-order valence-corrected chi connectivity index (χ0v) is 26.0. The minimum atomic E-state index is -0.0211. The molecule has 1 unspecified atom stereocenters. The van der Waals surface area contributed by atoms with E-state index in [1.807, 2.05) is 36.4 Å². The second kappa shape index (κ2) is 11.1. The molecule has 0 aliphatic heterocycles. The van der Waals surface area contributed by atoms with Crippen LogP contribution in [0, 0.1) is 0 Å². The van der Waals surface area contributed by atoms with Gasteiger partial charge in [0.2, 0.25) is 0 Å². The van der Waals surface area contributed by atoms with Crippen LogP contribution in [0.3, 0.4) is 0 Å². The van der Waals surface area contributed by atoms with Crippen molar-refractivity contribution < 1.29 is 0 Å². The molecule has 1 atom stereocenters. The van der Waals surface area contributed by atoms with Crippen LogP contribution in [0.4, 0.5) is 0 Å². The summed E-state index contributed by atoms with van der Waals surface area (Å²) in [4.78, 5) is 15.2. The van der Waals surface area contributed by atoms with Gasteiger partial charge in [0.05, 0.1) is 16.6 Å². The van der Waals surface area contributed by atoms with Crippen molar-refractivity contribution in [3.63, 3.8) is 0 Å². The monoisotopic (exact) mass is 605 g/mol. The molecule has 5 heteroatoms. The smallest absolute Gasteiger partial charge is 0.163 e. The van der Waals surface area contributed by atoms with Crippen molar-refractivity contribution in [2.24, 2.45) is 0 Å². The summed E-state index contributed by atoms with van der Waals surface area (Å²) in [5, 5.41) is 3.73. The summed E-state index contributed by atoms with van der Waals surface area (Å²) in [7, 11) is 0. The van der Waals surface area contributed by atoms with Gasteiger partial charge in [-0.15, -0.1) is 0 Å². The first-order chi connectivity index (χ1) is 23.2. The summed E-state index contributed by atoms with van der Waals surface area (Å²) in [5.41, 5.74) is 9.14. The van der Waals surface area contributed by atoms with E-state index >= 15 is 0 Å². The number of aromatic nitrogens is 5. The lowest BCUT2D eigenvalue weighted by Crippen LogP contribution is -2.12. The zero-order chi connectivity index (χ0) is 31.3. The summed E-state index contributed by atoms with van der Waals surface area (Å²) in [6.07, 6.45) is 7.57. The second-order valence-corrected chi connectivity index (χ2v) is 12.2. The highest BCUT2D eigenvalue weighted by Gasteiger charge is 2.25. The van der Waals surface area contributed by atoms with E-state index in [1.54, 1.807) is 0 Å². The van der Waals surface area contributed by atoms with Crippen molar-refractivity contribution >= 4 is 38.4 Å². The molecular weight excluding hydrogens is 574 g/mol. The van der Waals surface area contributed by atoms with Crippen LogP contribution >= 0.6 is 0 Å². The van der Waals surface area contributed by atoms with Gasteiger partial charge in [0, 0.05) is 57.2 Å². The summed E-state index contributed by atoms with van der Waals surface area (Å²) in [6.45, 7) is 2.18. The standard InChI is InChI=1S/C42H31N5/c1-28-25-31(42-44-40(29-13-5-2-6-14-29)43-41(45-42)30-15-7-3-8-16-30)27-33(26-28)47-38-20-12-11-19-34(38)35-21-22-37-36(39(35)47)23-24-46(37)32-17-9-4-10-18-32/h2-26,31H,27H2,1H3. The average Bonchev–Trinajstić information content (AvgIpc) is 3.72. The first-order valence-electron chi connectivity index (χ1n) is 16.1. The van der Waals surface area contributed by atoms with E-state index in [4.69, 9.17) is 15.0 Å². The Morgan fingerprint density at radius 1 is 0.574 bits per heavy atom. The van der Waals surface area contributed by atoms with Crippen LogP contribution in [0.5, 0.6) is 0 Å². The molecule has 3 heterocycles. The number of hydrogen-bond acceptors (Lipinski definition) is 3. The predicted octanol–water partition coefficient (Wildman–Crippen LogP) is 10.2. The van der Waals surface area contributed by atoms with Crippen LogP contribution in [-0.2, 0) is 0 Å². The molecule has 8 aromatic rings. The van der Waals surface area contributed by atoms with E-state index in [0.29, 0.717) is 11.6 Å². The van der Waals surface area contributed by atoms with Crippen molar-refractivity contribution in [2.75, 3.05) is 0 Å². The van der Waals surface area contributed by atoms with Crippen LogP contribution in [0.1, 0.15) is 25.1 Å². The summed E-state index contributed by atoms with van der Waals surface area (Å²) >= 11 is 0. The molecule has 3 aromatic heterocycles. The Kier molecular flexibility index (Phi) is 6.42. The number of rotatable bonds is 5. The zero-order valence-electron chi connectivity index (χ0n) is 26.0. The maximum atomic E-state index is 5.11. The molecule has 0 bridgehead atoms. The van der Waals surface area contributed by atoms with Gasteiger partial charge in [-0.1, -0.05) is 115 Å². The lowest BCUT2D eigenvalue weighted by molar-refractivity contribution is 0.752. The van der Waals surface area contributed by atoms with E-state index in [0.717, 1.165) is 29.1 Å². The van der Waals surface area contributed by atoms with Crippen molar-refractivity contribution in [1.29, 1.82) is 0 Å². The number of para-hydroxylation sites is 2. The normalized spacial score (nSPS) is 14.9. The molecule has 0 amide bonds. The summed E-state index contributed by atoms with van der Waals surface area (Å²) in [5.74, 6) is 2.14. The third-order valence-corrected chi connectivity index (χ3v) is 9.16. The van der Waals surface area contributed by atoms with Gasteiger partial charge in [0.25, 0.3) is 0 Å². The Labute approximate surface area is 272 Å². The van der Waals surface area contributed by atoms with Gasteiger partial charge in [0.15, 0.2) is 11.6 Å². The van der Waals surface area contributed by atoms with Crippen LogP contribution in [0.2, 0.25) is 0 Å².